The summed E-state index contributed by atoms with van der Waals surface area (Å²) in [6, 6.07) is 6.76. The number of nitrogens with zero attached hydrogens (tertiary/aromatic N) is 1. The van der Waals surface area contributed by atoms with Crippen LogP contribution in [0.15, 0.2) is 24.3 Å². The molecule has 2 fully saturated rings. The molecule has 3 aliphatic rings. The molecule has 1 aromatic heterocycles. The van der Waals surface area contributed by atoms with Gasteiger partial charge in [0.15, 0.2) is 0 Å². The predicted octanol–water partition coefficient (Wildman–Crippen LogP) is 7.27. The molecule has 1 aliphatic carbocycles. The van der Waals surface area contributed by atoms with Crippen molar-refractivity contribution in [1.29, 1.82) is 0 Å². The highest BCUT2D eigenvalue weighted by molar-refractivity contribution is 5.77. The van der Waals surface area contributed by atoms with E-state index in [0.717, 1.165) is 93.6 Å². The Bertz CT molecular complexity index is 1250. The number of anilines is 1. The van der Waals surface area contributed by atoms with Crippen LogP contribution in [0.5, 0.6) is 5.75 Å². The van der Waals surface area contributed by atoms with Gasteiger partial charge in [-0.05, 0) is 107 Å². The number of benzene rings is 1. The molecule has 5 atom stereocenters. The summed E-state index contributed by atoms with van der Waals surface area (Å²) < 4.78 is 32.3. The number of carboxylic acid groups (broad SMARTS) is 1. The van der Waals surface area contributed by atoms with E-state index in [0.29, 0.717) is 18.8 Å². The molecule has 43 heavy (non-hydrogen) atoms. The largest absolute Gasteiger partial charge is 0.496 e. The molecular weight excluding hydrogens is 547 g/mol. The Balaban J connectivity index is 1.10. The van der Waals surface area contributed by atoms with Crippen molar-refractivity contribution in [1.82, 2.24) is 4.98 Å². The zero-order chi connectivity index (χ0) is 30.6. The number of aryl methyl sites for hydroxylation is 1. The fourth-order valence-corrected chi connectivity index (χ4v) is 7.54. The van der Waals surface area contributed by atoms with E-state index in [-0.39, 0.29) is 35.3 Å². The maximum atomic E-state index is 14.5. The summed E-state index contributed by atoms with van der Waals surface area (Å²) in [7, 11) is 1.73. The second-order valence-corrected chi connectivity index (χ2v) is 13.5. The van der Waals surface area contributed by atoms with Gasteiger partial charge in [0.05, 0.1) is 31.3 Å². The Morgan fingerprint density at radius 3 is 2.81 bits per heavy atom. The maximum Gasteiger partial charge on any atom is 0.311 e. The van der Waals surface area contributed by atoms with Gasteiger partial charge in [-0.3, -0.25) is 4.79 Å². The summed E-state index contributed by atoms with van der Waals surface area (Å²) in [6.07, 6.45) is 9.78. The van der Waals surface area contributed by atoms with Gasteiger partial charge < -0.3 is 24.6 Å². The van der Waals surface area contributed by atoms with Crippen molar-refractivity contribution >= 4 is 11.8 Å². The first-order valence-electron chi connectivity index (χ1n) is 16.2. The molecule has 1 saturated carbocycles. The molecule has 0 radical (unpaired) electrons. The Labute approximate surface area is 255 Å². The van der Waals surface area contributed by atoms with Crippen molar-refractivity contribution in [2.24, 2.45) is 11.8 Å². The molecule has 5 unspecified atom stereocenters. The van der Waals surface area contributed by atoms with Crippen LogP contribution in [-0.4, -0.2) is 54.6 Å². The molecule has 0 amide bonds. The summed E-state index contributed by atoms with van der Waals surface area (Å²) in [5, 5.41) is 13.8. The standard InChI is InChI=1S/C35H49FN2O5/c1-22(32(34(39)40)30-18-25(36)12-14-28(30)24-20-35(2,3)43-21-24)23-11-13-27(17-23)42-16-7-5-6-9-26-19-31(41-4)29-10-8-15-37-33(29)38-26/h12,14,18-19,22-24,27,32H,5-11,13,15-17,20-21H2,1-4H3,(H,37,38)(H,39,40). The molecule has 1 saturated heterocycles. The minimum absolute atomic E-state index is 0.0704. The fraction of sp³-hybridized carbons (Fsp3) is 0.657. The second kappa shape index (κ2) is 13.9. The lowest BCUT2D eigenvalue weighted by Crippen LogP contribution is -2.27. The van der Waals surface area contributed by atoms with Crippen molar-refractivity contribution in [3.8, 4) is 5.75 Å². The summed E-state index contributed by atoms with van der Waals surface area (Å²) in [5.74, 6) is 0.0462. The minimum atomic E-state index is -0.885. The molecule has 8 heteroatoms. The monoisotopic (exact) mass is 596 g/mol. The third-order valence-corrected chi connectivity index (χ3v) is 9.88. The van der Waals surface area contributed by atoms with Crippen LogP contribution in [-0.2, 0) is 27.1 Å². The van der Waals surface area contributed by atoms with Crippen LogP contribution in [0.2, 0.25) is 0 Å². The van der Waals surface area contributed by atoms with Gasteiger partial charge in [-0.1, -0.05) is 19.4 Å². The Hall–Kier alpha value is -2.71. The number of aliphatic carboxylic acids is 1. The molecule has 1 aromatic carbocycles. The maximum absolute atomic E-state index is 14.5. The predicted molar refractivity (Wildman–Crippen MR) is 166 cm³/mol. The normalized spacial score (nSPS) is 24.3. The first kappa shape index (κ1) is 31.7. The third kappa shape index (κ3) is 7.69. The van der Waals surface area contributed by atoms with Crippen molar-refractivity contribution < 1.29 is 28.5 Å². The molecule has 2 N–H and O–H groups in total. The number of methoxy groups -OCH3 is 1. The number of halogens is 1. The first-order valence-corrected chi connectivity index (χ1v) is 16.2. The van der Waals surface area contributed by atoms with Gasteiger partial charge in [0, 0.05) is 36.4 Å². The van der Waals surface area contributed by atoms with Crippen molar-refractivity contribution in [3.05, 3.63) is 52.5 Å². The molecule has 0 spiro atoms. The summed E-state index contributed by atoms with van der Waals surface area (Å²) in [5.41, 5.74) is 3.51. The van der Waals surface area contributed by atoms with Gasteiger partial charge in [0.1, 0.15) is 17.4 Å². The Morgan fingerprint density at radius 1 is 1.23 bits per heavy atom. The molecular formula is C35H49FN2O5. The second-order valence-electron chi connectivity index (χ2n) is 13.5. The number of hydrogen-bond donors (Lipinski definition) is 2. The van der Waals surface area contributed by atoms with Crippen LogP contribution in [0.4, 0.5) is 10.2 Å². The van der Waals surface area contributed by atoms with Gasteiger partial charge in [0.2, 0.25) is 0 Å². The molecule has 5 rings (SSSR count). The number of carboxylic acids is 1. The average Bonchev–Trinajstić information content (AvgIpc) is 3.60. The highest BCUT2D eigenvalue weighted by Crippen LogP contribution is 2.45. The lowest BCUT2D eigenvalue weighted by atomic mass is 9.75. The Kier molecular flexibility index (Phi) is 10.3. The first-order chi connectivity index (χ1) is 20.6. The van der Waals surface area contributed by atoms with E-state index in [1.165, 1.54) is 17.7 Å². The Morgan fingerprint density at radius 2 is 2.07 bits per heavy atom. The fourth-order valence-electron chi connectivity index (χ4n) is 7.54. The highest BCUT2D eigenvalue weighted by Gasteiger charge is 2.40. The SMILES string of the molecule is COc1cc(CCCCCOC2CCC(C(C)C(C(=O)O)c3cc(F)ccc3C3COC(C)(C)C3)C2)nc2c1CCCN2. The van der Waals surface area contributed by atoms with Crippen molar-refractivity contribution in [3.63, 3.8) is 0 Å². The van der Waals surface area contributed by atoms with E-state index < -0.39 is 11.9 Å². The minimum Gasteiger partial charge on any atom is -0.496 e. The highest BCUT2D eigenvalue weighted by atomic mass is 19.1. The van der Waals surface area contributed by atoms with Crippen LogP contribution < -0.4 is 10.1 Å². The summed E-state index contributed by atoms with van der Waals surface area (Å²) in [6.45, 7) is 8.32. The van der Waals surface area contributed by atoms with E-state index >= 15 is 0 Å². The topological polar surface area (TPSA) is 89.9 Å². The molecule has 7 nitrogen and oxygen atoms in total. The summed E-state index contributed by atoms with van der Waals surface area (Å²) >= 11 is 0. The molecule has 0 bridgehead atoms. The lowest BCUT2D eigenvalue weighted by Gasteiger charge is -2.29. The number of unbranched alkanes of at least 4 members (excludes halogenated alkanes) is 2. The lowest BCUT2D eigenvalue weighted by molar-refractivity contribution is -0.140. The van der Waals surface area contributed by atoms with Crippen LogP contribution >= 0.6 is 0 Å². The number of pyridine rings is 1. The third-order valence-electron chi connectivity index (χ3n) is 9.88. The van der Waals surface area contributed by atoms with E-state index in [1.807, 2.05) is 20.8 Å². The smallest absolute Gasteiger partial charge is 0.311 e. The van der Waals surface area contributed by atoms with E-state index in [2.05, 4.69) is 11.4 Å². The number of fused-ring (bicyclic) bond motifs is 1. The van der Waals surface area contributed by atoms with Gasteiger partial charge in [-0.25, -0.2) is 9.37 Å². The zero-order valence-corrected chi connectivity index (χ0v) is 26.3. The molecule has 236 valence electrons. The van der Waals surface area contributed by atoms with Crippen LogP contribution in [0.3, 0.4) is 0 Å². The molecule has 2 aromatic rings. The van der Waals surface area contributed by atoms with Crippen molar-refractivity contribution in [2.45, 2.75) is 109 Å². The van der Waals surface area contributed by atoms with E-state index in [4.69, 9.17) is 19.2 Å². The number of rotatable bonds is 13. The van der Waals surface area contributed by atoms with Gasteiger partial charge in [0.25, 0.3) is 0 Å². The van der Waals surface area contributed by atoms with E-state index in [1.54, 1.807) is 13.2 Å². The van der Waals surface area contributed by atoms with E-state index in [9.17, 15) is 14.3 Å². The summed E-state index contributed by atoms with van der Waals surface area (Å²) in [4.78, 5) is 17.5. The number of nitrogens with one attached hydrogen (secondary N) is 1. The zero-order valence-electron chi connectivity index (χ0n) is 26.3. The quantitative estimate of drug-likeness (QED) is 0.235. The number of carbonyl (C=O) groups is 1. The number of aromatic nitrogens is 1. The number of ether oxygens (including phenoxy) is 3. The molecule has 2 aliphatic heterocycles. The molecule has 3 heterocycles. The van der Waals surface area contributed by atoms with Crippen LogP contribution in [0.25, 0.3) is 0 Å². The van der Waals surface area contributed by atoms with Gasteiger partial charge in [-0.15, -0.1) is 0 Å². The van der Waals surface area contributed by atoms with Crippen molar-refractivity contribution in [2.75, 3.05) is 32.2 Å². The van der Waals surface area contributed by atoms with Crippen LogP contribution in [0.1, 0.15) is 106 Å². The van der Waals surface area contributed by atoms with Crippen LogP contribution in [0, 0.1) is 17.7 Å². The number of hydrogen-bond acceptors (Lipinski definition) is 6. The average molecular weight is 597 g/mol. The van der Waals surface area contributed by atoms with Gasteiger partial charge in [-0.2, -0.15) is 0 Å². The van der Waals surface area contributed by atoms with Gasteiger partial charge >= 0.3 is 5.97 Å².